The van der Waals surface area contributed by atoms with Crippen LogP contribution in [-0.4, -0.2) is 36.7 Å². The number of anilines is 1. The van der Waals surface area contributed by atoms with E-state index in [1.165, 1.54) is 12.1 Å². The molecule has 8 nitrogen and oxygen atoms in total. The highest BCUT2D eigenvalue weighted by atomic mass is 19.4. The quantitative estimate of drug-likeness (QED) is 0.289. The minimum Gasteiger partial charge on any atom is -0.484 e. The number of ether oxygens (including phenoxy) is 1. The largest absolute Gasteiger partial charge is 0.484 e. The van der Waals surface area contributed by atoms with Gasteiger partial charge in [-0.15, -0.1) is 0 Å². The van der Waals surface area contributed by atoms with Gasteiger partial charge in [0.15, 0.2) is 6.61 Å². The summed E-state index contributed by atoms with van der Waals surface area (Å²) < 4.78 is 54.8. The molecule has 0 aromatic heterocycles. The maximum Gasteiger partial charge on any atom is 0.422 e. The predicted molar refractivity (Wildman–Crippen MR) is 96.6 cm³/mol. The van der Waals surface area contributed by atoms with Gasteiger partial charge in [0.25, 0.3) is 11.6 Å². The lowest BCUT2D eigenvalue weighted by Crippen LogP contribution is -2.29. The summed E-state index contributed by atoms with van der Waals surface area (Å²) >= 11 is 0. The molecule has 0 bridgehead atoms. The molecule has 158 valence electrons. The van der Waals surface area contributed by atoms with Crippen LogP contribution in [0.15, 0.2) is 36.4 Å². The van der Waals surface area contributed by atoms with Crippen molar-refractivity contribution in [1.82, 2.24) is 5.32 Å². The minimum atomic E-state index is -4.62. The maximum absolute atomic E-state index is 13.5. The summed E-state index contributed by atoms with van der Waals surface area (Å²) in [6, 6.07) is 8.30. The second-order valence-electron chi connectivity index (χ2n) is 5.80. The number of amides is 1. The fourth-order valence-electron chi connectivity index (χ4n) is 2.36. The Morgan fingerprint density at radius 3 is 2.60 bits per heavy atom. The van der Waals surface area contributed by atoms with Gasteiger partial charge < -0.3 is 15.4 Å². The topological polar surface area (TPSA) is 117 Å². The molecule has 0 aliphatic rings. The number of benzene rings is 2. The molecule has 0 saturated carbocycles. The van der Waals surface area contributed by atoms with E-state index in [-0.39, 0.29) is 30.1 Å². The molecule has 0 heterocycles. The van der Waals surface area contributed by atoms with E-state index >= 15 is 0 Å². The van der Waals surface area contributed by atoms with Crippen LogP contribution in [0.4, 0.5) is 28.9 Å². The molecule has 0 atom stereocenters. The van der Waals surface area contributed by atoms with Gasteiger partial charge in [-0.3, -0.25) is 14.9 Å². The number of hydrogen-bond acceptors (Lipinski definition) is 6. The van der Waals surface area contributed by atoms with Gasteiger partial charge in [0.2, 0.25) is 0 Å². The molecule has 0 spiro atoms. The molecule has 0 radical (unpaired) electrons. The van der Waals surface area contributed by atoms with Gasteiger partial charge in [-0.25, -0.2) is 4.39 Å². The monoisotopic (exact) mass is 426 g/mol. The van der Waals surface area contributed by atoms with Crippen LogP contribution in [0.25, 0.3) is 0 Å². The number of hydrogen-bond donors (Lipinski definition) is 2. The van der Waals surface area contributed by atoms with Crippen molar-refractivity contribution in [2.75, 3.05) is 25.0 Å². The van der Waals surface area contributed by atoms with Crippen LogP contribution >= 0.6 is 0 Å². The average molecular weight is 426 g/mol. The molecule has 2 rings (SSSR count). The number of nitriles is 1. The Kier molecular flexibility index (Phi) is 7.13. The van der Waals surface area contributed by atoms with Crippen molar-refractivity contribution in [3.8, 4) is 11.8 Å². The number of carbonyl (C=O) groups is 1. The smallest absolute Gasteiger partial charge is 0.422 e. The van der Waals surface area contributed by atoms with Crippen LogP contribution in [0, 0.1) is 27.3 Å². The summed E-state index contributed by atoms with van der Waals surface area (Å²) in [5, 5.41) is 25.1. The van der Waals surface area contributed by atoms with Crippen molar-refractivity contribution in [3.05, 3.63) is 63.5 Å². The van der Waals surface area contributed by atoms with E-state index in [2.05, 4.69) is 15.4 Å². The normalized spacial score (nSPS) is 10.8. The molecule has 2 aromatic rings. The first-order chi connectivity index (χ1) is 14.1. The van der Waals surface area contributed by atoms with E-state index in [0.29, 0.717) is 0 Å². The standard InChI is InChI=1S/C18H14F4N4O4/c19-14-2-1-3-15(13(14)9-23)24-6-7-25-17(27)12-8-11(30-10-18(20,21)22)4-5-16(12)26(28)29/h1-5,8,24H,6-7,10H2,(H,25,27). The third kappa shape index (κ3) is 6.06. The van der Waals surface area contributed by atoms with Crippen LogP contribution in [0.2, 0.25) is 0 Å². The zero-order valence-electron chi connectivity index (χ0n) is 15.1. The Balaban J connectivity index is 2.04. The fourth-order valence-corrected chi connectivity index (χ4v) is 2.36. The highest BCUT2D eigenvalue weighted by molar-refractivity contribution is 5.98. The summed E-state index contributed by atoms with van der Waals surface area (Å²) in [6.45, 7) is -1.66. The van der Waals surface area contributed by atoms with Crippen LogP contribution in [0.5, 0.6) is 5.75 Å². The molecule has 12 heteroatoms. The molecule has 0 aliphatic carbocycles. The second kappa shape index (κ2) is 9.55. The van der Waals surface area contributed by atoms with Gasteiger partial charge in [0.05, 0.1) is 10.6 Å². The molecular formula is C18H14F4N4O4. The van der Waals surface area contributed by atoms with Gasteiger partial charge in [0.1, 0.15) is 28.8 Å². The van der Waals surface area contributed by atoms with Gasteiger partial charge in [-0.1, -0.05) is 6.07 Å². The number of alkyl halides is 3. The molecular weight excluding hydrogens is 412 g/mol. The second-order valence-corrected chi connectivity index (χ2v) is 5.80. The van der Waals surface area contributed by atoms with E-state index in [0.717, 1.165) is 24.3 Å². The first-order valence-corrected chi connectivity index (χ1v) is 8.31. The predicted octanol–water partition coefficient (Wildman–Crippen LogP) is 3.39. The molecule has 30 heavy (non-hydrogen) atoms. The molecule has 0 unspecified atom stereocenters. The van der Waals surface area contributed by atoms with Crippen LogP contribution in [0.1, 0.15) is 15.9 Å². The summed E-state index contributed by atoms with van der Waals surface area (Å²) in [7, 11) is 0. The van der Waals surface area contributed by atoms with Crippen LogP contribution in [-0.2, 0) is 0 Å². The lowest BCUT2D eigenvalue weighted by atomic mass is 10.1. The summed E-state index contributed by atoms with van der Waals surface area (Å²) in [6.07, 6.45) is -4.62. The van der Waals surface area contributed by atoms with E-state index in [9.17, 15) is 32.5 Å². The maximum atomic E-state index is 13.5. The van der Waals surface area contributed by atoms with E-state index in [4.69, 9.17) is 5.26 Å². The number of halogens is 4. The third-order valence-corrected chi connectivity index (χ3v) is 3.66. The average Bonchev–Trinajstić information content (AvgIpc) is 2.68. The van der Waals surface area contributed by atoms with Gasteiger partial charge in [-0.2, -0.15) is 18.4 Å². The molecule has 1 amide bonds. The summed E-state index contributed by atoms with van der Waals surface area (Å²) in [4.78, 5) is 22.5. The number of rotatable bonds is 8. The molecule has 0 saturated heterocycles. The van der Waals surface area contributed by atoms with E-state index in [1.54, 1.807) is 6.07 Å². The molecule has 2 N–H and O–H groups in total. The molecule has 2 aromatic carbocycles. The lowest BCUT2D eigenvalue weighted by molar-refractivity contribution is -0.385. The van der Waals surface area contributed by atoms with Crippen molar-refractivity contribution in [2.24, 2.45) is 0 Å². The van der Waals surface area contributed by atoms with Gasteiger partial charge >= 0.3 is 6.18 Å². The zero-order valence-corrected chi connectivity index (χ0v) is 15.1. The van der Waals surface area contributed by atoms with Crippen molar-refractivity contribution in [2.45, 2.75) is 6.18 Å². The van der Waals surface area contributed by atoms with Crippen LogP contribution < -0.4 is 15.4 Å². The number of nitro groups is 1. The summed E-state index contributed by atoms with van der Waals surface area (Å²) in [5.41, 5.74) is -1.12. The van der Waals surface area contributed by atoms with Crippen molar-refractivity contribution in [3.63, 3.8) is 0 Å². The Morgan fingerprint density at radius 1 is 1.23 bits per heavy atom. The zero-order chi connectivity index (χ0) is 22.3. The Morgan fingerprint density at radius 2 is 1.97 bits per heavy atom. The van der Waals surface area contributed by atoms with E-state index in [1.807, 2.05) is 0 Å². The Bertz CT molecular complexity index is 989. The van der Waals surface area contributed by atoms with Gasteiger partial charge in [0, 0.05) is 19.2 Å². The molecule has 0 fully saturated rings. The number of nitrogens with one attached hydrogen (secondary N) is 2. The minimum absolute atomic E-state index is 0.0436. The fraction of sp³-hybridized carbons (Fsp3) is 0.222. The Hall–Kier alpha value is -3.88. The van der Waals surface area contributed by atoms with Gasteiger partial charge in [-0.05, 0) is 24.3 Å². The van der Waals surface area contributed by atoms with Crippen LogP contribution in [0.3, 0.4) is 0 Å². The SMILES string of the molecule is N#Cc1c(F)cccc1NCCNC(=O)c1cc(OCC(F)(F)F)ccc1[N+](=O)[O-]. The third-order valence-electron chi connectivity index (χ3n) is 3.66. The summed E-state index contributed by atoms with van der Waals surface area (Å²) in [5.74, 6) is -2.00. The van der Waals surface area contributed by atoms with Crippen molar-refractivity contribution in [1.29, 1.82) is 5.26 Å². The van der Waals surface area contributed by atoms with Crippen molar-refractivity contribution < 1.29 is 32.0 Å². The first-order valence-electron chi connectivity index (χ1n) is 8.31. The lowest BCUT2D eigenvalue weighted by Gasteiger charge is -2.12. The van der Waals surface area contributed by atoms with E-state index < -0.39 is 40.7 Å². The Labute approximate surface area is 167 Å². The highest BCUT2D eigenvalue weighted by Crippen LogP contribution is 2.26. The van der Waals surface area contributed by atoms with Crippen molar-refractivity contribution >= 4 is 17.3 Å². The highest BCUT2D eigenvalue weighted by Gasteiger charge is 2.29. The number of carbonyl (C=O) groups excluding carboxylic acids is 1. The molecule has 0 aliphatic heterocycles. The number of nitrogens with zero attached hydrogens (tertiary/aromatic N) is 2. The first kappa shape index (κ1) is 22.4. The number of nitro benzene ring substituents is 1.